The van der Waals surface area contributed by atoms with Crippen molar-refractivity contribution in [3.63, 3.8) is 0 Å². The zero-order valence-corrected chi connectivity index (χ0v) is 13.8. The van der Waals surface area contributed by atoms with Crippen molar-refractivity contribution in [3.8, 4) is 0 Å². The molecule has 0 aliphatic carbocycles. The van der Waals surface area contributed by atoms with Crippen LogP contribution in [0, 0.1) is 0 Å². The van der Waals surface area contributed by atoms with Crippen molar-refractivity contribution in [2.75, 3.05) is 20.1 Å². The van der Waals surface area contributed by atoms with Gasteiger partial charge < -0.3 is 5.32 Å². The van der Waals surface area contributed by atoms with Gasteiger partial charge in [0.15, 0.2) is 0 Å². The maximum absolute atomic E-state index is 4.86. The summed E-state index contributed by atoms with van der Waals surface area (Å²) in [7, 11) is 2.05. The lowest BCUT2D eigenvalue weighted by Gasteiger charge is -2.39. The molecule has 0 saturated carbocycles. The number of rotatable bonds is 5. The van der Waals surface area contributed by atoms with Crippen molar-refractivity contribution < 1.29 is 0 Å². The fraction of sp³-hybridized carbons (Fsp3) is 0.588. The number of aromatic nitrogens is 1. The molecule has 1 aliphatic heterocycles. The predicted molar refractivity (Wildman–Crippen MR) is 90.9 cm³/mol. The summed E-state index contributed by atoms with van der Waals surface area (Å²) in [5.74, 6) is 0. The Morgan fingerprint density at radius 1 is 1.38 bits per heavy atom. The Balaban J connectivity index is 1.79. The maximum Gasteiger partial charge on any atom is 0.111 e. The lowest BCUT2D eigenvalue weighted by Crippen LogP contribution is -2.42. The van der Waals surface area contributed by atoms with Gasteiger partial charge >= 0.3 is 0 Å². The van der Waals surface area contributed by atoms with Crippen LogP contribution in [-0.4, -0.2) is 36.1 Å². The summed E-state index contributed by atoms with van der Waals surface area (Å²) in [4.78, 5) is 7.54. The molecule has 1 aliphatic rings. The van der Waals surface area contributed by atoms with E-state index in [0.29, 0.717) is 12.1 Å². The summed E-state index contributed by atoms with van der Waals surface area (Å²) in [6.07, 6.45) is 5.27. The first-order valence-corrected chi connectivity index (χ1v) is 8.87. The van der Waals surface area contributed by atoms with Gasteiger partial charge in [-0.3, -0.25) is 4.90 Å². The zero-order valence-electron chi connectivity index (χ0n) is 13.0. The smallest absolute Gasteiger partial charge is 0.111 e. The molecule has 2 atom stereocenters. The summed E-state index contributed by atoms with van der Waals surface area (Å²) in [5, 5.41) is 4.57. The molecule has 114 valence electrons. The first kappa shape index (κ1) is 14.9. The summed E-state index contributed by atoms with van der Waals surface area (Å²) in [6.45, 7) is 4.65. The van der Waals surface area contributed by atoms with Gasteiger partial charge in [-0.15, -0.1) is 11.3 Å². The molecule has 1 saturated heterocycles. The molecular formula is C17H25N3S. The number of likely N-dealkylation sites (tertiary alicyclic amines) is 1. The molecule has 3 nitrogen and oxygen atoms in total. The van der Waals surface area contributed by atoms with Gasteiger partial charge in [0.2, 0.25) is 0 Å². The third-order valence-electron chi connectivity index (χ3n) is 4.57. The third kappa shape index (κ3) is 3.28. The van der Waals surface area contributed by atoms with Crippen LogP contribution in [0.3, 0.4) is 0 Å². The predicted octanol–water partition coefficient (Wildman–Crippen LogP) is 3.82. The normalized spacial score (nSPS) is 21.7. The number of thiazole rings is 1. The van der Waals surface area contributed by atoms with Crippen LogP contribution in [0.5, 0.6) is 0 Å². The summed E-state index contributed by atoms with van der Waals surface area (Å²) in [5.41, 5.74) is 1.15. The first-order valence-electron chi connectivity index (χ1n) is 8.05. The highest BCUT2D eigenvalue weighted by molar-refractivity contribution is 7.18. The monoisotopic (exact) mass is 303 g/mol. The second kappa shape index (κ2) is 6.86. The maximum atomic E-state index is 4.86. The number of nitrogens with one attached hydrogen (secondary N) is 1. The number of benzene rings is 1. The minimum absolute atomic E-state index is 0.435. The Hall–Kier alpha value is -0.970. The van der Waals surface area contributed by atoms with E-state index in [2.05, 4.69) is 41.4 Å². The lowest BCUT2D eigenvalue weighted by atomic mass is 9.97. The van der Waals surface area contributed by atoms with Gasteiger partial charge in [-0.1, -0.05) is 18.6 Å². The minimum Gasteiger partial charge on any atom is -0.320 e. The molecule has 0 spiro atoms. The molecule has 2 aromatic rings. The number of hydrogen-bond acceptors (Lipinski definition) is 4. The molecule has 1 aromatic carbocycles. The number of nitrogens with zero attached hydrogens (tertiary/aromatic N) is 2. The van der Waals surface area contributed by atoms with Gasteiger partial charge in [0.25, 0.3) is 0 Å². The van der Waals surface area contributed by atoms with Crippen LogP contribution >= 0.6 is 11.3 Å². The van der Waals surface area contributed by atoms with Crippen molar-refractivity contribution in [2.24, 2.45) is 0 Å². The van der Waals surface area contributed by atoms with Crippen LogP contribution in [0.25, 0.3) is 10.2 Å². The standard InChI is InChI=1S/C17H25N3S/c1-13(17-19-15-8-3-4-9-16(15)21-17)20-12-6-5-7-14(20)10-11-18-2/h3-4,8-9,13-14,18H,5-7,10-12H2,1-2H3. The highest BCUT2D eigenvalue weighted by Crippen LogP contribution is 2.33. The SMILES string of the molecule is CNCCC1CCCCN1C(C)c1nc2ccccc2s1. The summed E-state index contributed by atoms with van der Waals surface area (Å²) < 4.78 is 1.31. The van der Waals surface area contributed by atoms with Crippen molar-refractivity contribution in [3.05, 3.63) is 29.3 Å². The Morgan fingerprint density at radius 2 is 2.24 bits per heavy atom. The van der Waals surface area contributed by atoms with Crippen LogP contribution in [0.15, 0.2) is 24.3 Å². The van der Waals surface area contributed by atoms with Gasteiger partial charge in [-0.25, -0.2) is 4.98 Å². The Labute approximate surface area is 131 Å². The minimum atomic E-state index is 0.435. The van der Waals surface area contributed by atoms with Crippen LogP contribution < -0.4 is 5.32 Å². The van der Waals surface area contributed by atoms with Crippen LogP contribution in [0.1, 0.15) is 43.7 Å². The van der Waals surface area contributed by atoms with E-state index in [9.17, 15) is 0 Å². The second-order valence-corrected chi connectivity index (χ2v) is 7.04. The molecule has 21 heavy (non-hydrogen) atoms. The van der Waals surface area contributed by atoms with Crippen molar-refractivity contribution >= 4 is 21.6 Å². The molecule has 3 rings (SSSR count). The van der Waals surface area contributed by atoms with E-state index in [1.807, 2.05) is 18.4 Å². The van der Waals surface area contributed by atoms with Crippen molar-refractivity contribution in [1.29, 1.82) is 0 Å². The van der Waals surface area contributed by atoms with E-state index in [1.54, 1.807) is 0 Å². The van der Waals surface area contributed by atoms with E-state index in [1.165, 1.54) is 41.9 Å². The molecular weight excluding hydrogens is 278 g/mol. The fourth-order valence-corrected chi connectivity index (χ4v) is 4.40. The van der Waals surface area contributed by atoms with Gasteiger partial charge in [0.1, 0.15) is 5.01 Å². The average molecular weight is 303 g/mol. The molecule has 0 bridgehead atoms. The molecule has 2 unspecified atom stereocenters. The van der Waals surface area contributed by atoms with E-state index in [-0.39, 0.29) is 0 Å². The lowest BCUT2D eigenvalue weighted by molar-refractivity contribution is 0.0971. The molecule has 4 heteroatoms. The van der Waals surface area contributed by atoms with Gasteiger partial charge in [-0.2, -0.15) is 0 Å². The van der Waals surface area contributed by atoms with Crippen LogP contribution in [-0.2, 0) is 0 Å². The largest absolute Gasteiger partial charge is 0.320 e. The number of hydrogen-bond donors (Lipinski definition) is 1. The molecule has 1 aromatic heterocycles. The van der Waals surface area contributed by atoms with Crippen molar-refractivity contribution in [1.82, 2.24) is 15.2 Å². The van der Waals surface area contributed by atoms with Gasteiger partial charge in [-0.05, 0) is 58.5 Å². The molecule has 1 fully saturated rings. The fourth-order valence-electron chi connectivity index (χ4n) is 3.36. The molecule has 2 heterocycles. The highest BCUT2D eigenvalue weighted by Gasteiger charge is 2.28. The highest BCUT2D eigenvalue weighted by atomic mass is 32.1. The summed E-state index contributed by atoms with van der Waals surface area (Å²) >= 11 is 1.86. The summed E-state index contributed by atoms with van der Waals surface area (Å²) in [6, 6.07) is 9.62. The van der Waals surface area contributed by atoms with E-state index >= 15 is 0 Å². The quantitative estimate of drug-likeness (QED) is 0.910. The van der Waals surface area contributed by atoms with E-state index < -0.39 is 0 Å². The number of piperidine rings is 1. The Morgan fingerprint density at radius 3 is 3.05 bits per heavy atom. The topological polar surface area (TPSA) is 28.2 Å². The van der Waals surface area contributed by atoms with E-state index in [0.717, 1.165) is 12.1 Å². The second-order valence-electron chi connectivity index (χ2n) is 5.98. The molecule has 1 N–H and O–H groups in total. The average Bonchev–Trinajstić information content (AvgIpc) is 2.96. The zero-order chi connectivity index (χ0) is 14.7. The van der Waals surface area contributed by atoms with Gasteiger partial charge in [0.05, 0.1) is 16.3 Å². The van der Waals surface area contributed by atoms with E-state index in [4.69, 9.17) is 4.98 Å². The van der Waals surface area contributed by atoms with Crippen molar-refractivity contribution in [2.45, 2.75) is 44.7 Å². The first-order chi connectivity index (χ1) is 10.3. The number of para-hydroxylation sites is 1. The van der Waals surface area contributed by atoms with Crippen LogP contribution in [0.4, 0.5) is 0 Å². The molecule has 0 radical (unpaired) electrons. The van der Waals surface area contributed by atoms with Crippen LogP contribution in [0.2, 0.25) is 0 Å². The Bertz CT molecular complexity index is 547. The number of fused-ring (bicyclic) bond motifs is 1. The third-order valence-corrected chi connectivity index (χ3v) is 5.77. The molecule has 0 amide bonds. The van der Waals surface area contributed by atoms with Gasteiger partial charge in [0, 0.05) is 6.04 Å². The Kier molecular flexibility index (Phi) is 4.88.